The number of carbonyl (C=O) groups excluding carboxylic acids is 1. The van der Waals surface area contributed by atoms with Gasteiger partial charge in [0.15, 0.2) is 0 Å². The number of nitrogens with zero attached hydrogens (tertiary/aromatic N) is 4. The van der Waals surface area contributed by atoms with Crippen molar-refractivity contribution in [1.82, 2.24) is 14.9 Å². The Balaban J connectivity index is 1.60. The fourth-order valence-corrected chi connectivity index (χ4v) is 4.54. The Kier molecular flexibility index (Phi) is 5.69. The first-order chi connectivity index (χ1) is 14.1. The highest BCUT2D eigenvalue weighted by Crippen LogP contribution is 2.33. The predicted molar refractivity (Wildman–Crippen MR) is 113 cm³/mol. The van der Waals surface area contributed by atoms with Gasteiger partial charge < -0.3 is 14.5 Å². The SMILES string of the molecule is COc1ccccc1CN1CCCc2c(C)nc(C3CCN(C(C)=O)CC3)nc21. The number of hydrogen-bond acceptors (Lipinski definition) is 5. The minimum absolute atomic E-state index is 0.161. The third kappa shape index (κ3) is 4.07. The van der Waals surface area contributed by atoms with E-state index in [1.165, 1.54) is 11.1 Å². The number of fused-ring (bicyclic) bond motifs is 1. The van der Waals surface area contributed by atoms with Gasteiger partial charge in [0.25, 0.3) is 0 Å². The van der Waals surface area contributed by atoms with Crippen molar-refractivity contribution in [3.05, 3.63) is 46.9 Å². The molecule has 1 saturated heterocycles. The summed E-state index contributed by atoms with van der Waals surface area (Å²) in [4.78, 5) is 25.9. The molecular weight excluding hydrogens is 364 g/mol. The van der Waals surface area contributed by atoms with Crippen molar-refractivity contribution in [3.63, 3.8) is 0 Å². The fourth-order valence-electron chi connectivity index (χ4n) is 4.54. The molecule has 6 heteroatoms. The van der Waals surface area contributed by atoms with E-state index in [0.29, 0.717) is 5.92 Å². The number of rotatable bonds is 4. The Hall–Kier alpha value is -2.63. The van der Waals surface area contributed by atoms with Gasteiger partial charge in [-0.3, -0.25) is 4.79 Å². The second kappa shape index (κ2) is 8.39. The zero-order valence-electron chi connectivity index (χ0n) is 17.6. The van der Waals surface area contributed by atoms with Crippen molar-refractivity contribution >= 4 is 11.7 Å². The molecule has 0 saturated carbocycles. The molecule has 29 heavy (non-hydrogen) atoms. The molecule has 0 radical (unpaired) electrons. The van der Waals surface area contributed by atoms with Crippen molar-refractivity contribution in [1.29, 1.82) is 0 Å². The highest BCUT2D eigenvalue weighted by molar-refractivity contribution is 5.73. The Morgan fingerprint density at radius 2 is 1.93 bits per heavy atom. The molecule has 6 nitrogen and oxygen atoms in total. The second-order valence-electron chi connectivity index (χ2n) is 8.09. The molecule has 1 aromatic carbocycles. The summed E-state index contributed by atoms with van der Waals surface area (Å²) < 4.78 is 5.56. The fraction of sp³-hybridized carbons (Fsp3) is 0.522. The molecule has 2 aliphatic rings. The van der Waals surface area contributed by atoms with Crippen LogP contribution in [0.5, 0.6) is 5.75 Å². The number of benzene rings is 1. The van der Waals surface area contributed by atoms with Crippen LogP contribution in [0.2, 0.25) is 0 Å². The van der Waals surface area contributed by atoms with Gasteiger partial charge in [-0.2, -0.15) is 0 Å². The third-order valence-corrected chi connectivity index (χ3v) is 6.22. The first-order valence-corrected chi connectivity index (χ1v) is 10.6. The third-order valence-electron chi connectivity index (χ3n) is 6.22. The normalized spacial score (nSPS) is 17.2. The summed E-state index contributed by atoms with van der Waals surface area (Å²) in [6.07, 6.45) is 4.02. The standard InChI is InChI=1S/C23H30N4O2/c1-16-20-8-6-12-27(15-19-7-4-5-9-21(19)29-3)23(20)25-22(24-16)18-10-13-26(14-11-18)17(2)28/h4-5,7,9,18H,6,8,10-15H2,1-3H3. The average Bonchev–Trinajstić information content (AvgIpc) is 2.74. The molecule has 2 aromatic rings. The number of piperidine rings is 1. The van der Waals surface area contributed by atoms with Crippen LogP contribution in [-0.4, -0.2) is 47.5 Å². The van der Waals surface area contributed by atoms with E-state index in [4.69, 9.17) is 14.7 Å². The summed E-state index contributed by atoms with van der Waals surface area (Å²) in [6.45, 7) is 7.13. The summed E-state index contributed by atoms with van der Waals surface area (Å²) in [5.74, 6) is 3.43. The van der Waals surface area contributed by atoms with Crippen LogP contribution in [-0.2, 0) is 17.8 Å². The van der Waals surface area contributed by atoms with Crippen molar-refractivity contribution < 1.29 is 9.53 Å². The number of ether oxygens (including phenoxy) is 1. The van der Waals surface area contributed by atoms with Gasteiger partial charge in [-0.1, -0.05) is 18.2 Å². The van der Waals surface area contributed by atoms with Crippen molar-refractivity contribution in [2.45, 2.75) is 52.0 Å². The topological polar surface area (TPSA) is 58.6 Å². The lowest BCUT2D eigenvalue weighted by Crippen LogP contribution is -2.37. The van der Waals surface area contributed by atoms with Crippen molar-refractivity contribution in [2.24, 2.45) is 0 Å². The van der Waals surface area contributed by atoms with E-state index < -0.39 is 0 Å². The number of amides is 1. The molecule has 0 spiro atoms. The summed E-state index contributed by atoms with van der Waals surface area (Å²) in [6, 6.07) is 8.20. The molecule has 0 atom stereocenters. The van der Waals surface area contributed by atoms with Crippen molar-refractivity contribution in [3.8, 4) is 5.75 Å². The minimum Gasteiger partial charge on any atom is -0.496 e. The van der Waals surface area contributed by atoms with Crippen LogP contribution in [0.25, 0.3) is 0 Å². The van der Waals surface area contributed by atoms with Crippen LogP contribution in [0.15, 0.2) is 24.3 Å². The van der Waals surface area contributed by atoms with E-state index >= 15 is 0 Å². The van der Waals surface area contributed by atoms with Crippen LogP contribution in [0.4, 0.5) is 5.82 Å². The lowest BCUT2D eigenvalue weighted by Gasteiger charge is -2.34. The van der Waals surface area contributed by atoms with E-state index in [-0.39, 0.29) is 5.91 Å². The van der Waals surface area contributed by atoms with Gasteiger partial charge in [0, 0.05) is 55.8 Å². The van der Waals surface area contributed by atoms with Crippen LogP contribution < -0.4 is 9.64 Å². The number of hydrogen-bond donors (Lipinski definition) is 0. The number of anilines is 1. The Morgan fingerprint density at radius 3 is 2.66 bits per heavy atom. The van der Waals surface area contributed by atoms with Crippen molar-refractivity contribution in [2.75, 3.05) is 31.6 Å². The first kappa shape index (κ1) is 19.7. The van der Waals surface area contributed by atoms with Gasteiger partial charge in [-0.15, -0.1) is 0 Å². The molecule has 1 fully saturated rings. The number of methoxy groups -OCH3 is 1. The summed E-state index contributed by atoms with van der Waals surface area (Å²) in [7, 11) is 1.72. The number of para-hydroxylation sites is 1. The first-order valence-electron chi connectivity index (χ1n) is 10.6. The number of aromatic nitrogens is 2. The molecule has 3 heterocycles. The van der Waals surface area contributed by atoms with E-state index in [1.54, 1.807) is 14.0 Å². The molecule has 0 N–H and O–H groups in total. The van der Waals surface area contributed by atoms with Crippen LogP contribution in [0, 0.1) is 6.92 Å². The molecule has 0 unspecified atom stereocenters. The largest absolute Gasteiger partial charge is 0.496 e. The molecule has 154 valence electrons. The molecule has 2 aliphatic heterocycles. The average molecular weight is 395 g/mol. The Bertz CT molecular complexity index is 890. The van der Waals surface area contributed by atoms with Gasteiger partial charge in [0.1, 0.15) is 17.4 Å². The van der Waals surface area contributed by atoms with E-state index in [2.05, 4.69) is 24.0 Å². The van der Waals surface area contributed by atoms with Gasteiger partial charge >= 0.3 is 0 Å². The second-order valence-corrected chi connectivity index (χ2v) is 8.09. The molecule has 0 aliphatic carbocycles. The lowest BCUT2D eigenvalue weighted by molar-refractivity contribution is -0.129. The smallest absolute Gasteiger partial charge is 0.219 e. The Labute approximate surface area is 172 Å². The minimum atomic E-state index is 0.161. The van der Waals surface area contributed by atoms with Gasteiger partial charge in [-0.25, -0.2) is 9.97 Å². The maximum Gasteiger partial charge on any atom is 0.219 e. The van der Waals surface area contributed by atoms with Crippen LogP contribution in [0.1, 0.15) is 54.7 Å². The van der Waals surface area contributed by atoms with E-state index in [0.717, 1.165) is 74.9 Å². The van der Waals surface area contributed by atoms with Crippen LogP contribution in [0.3, 0.4) is 0 Å². The number of aryl methyl sites for hydroxylation is 1. The zero-order valence-corrected chi connectivity index (χ0v) is 17.6. The van der Waals surface area contributed by atoms with E-state index in [1.807, 2.05) is 17.0 Å². The summed E-state index contributed by atoms with van der Waals surface area (Å²) >= 11 is 0. The zero-order chi connectivity index (χ0) is 20.4. The van der Waals surface area contributed by atoms with Crippen LogP contribution >= 0.6 is 0 Å². The molecule has 1 amide bonds. The summed E-state index contributed by atoms with van der Waals surface area (Å²) in [5.41, 5.74) is 3.55. The number of carbonyl (C=O) groups is 1. The van der Waals surface area contributed by atoms with E-state index in [9.17, 15) is 4.79 Å². The van der Waals surface area contributed by atoms with Gasteiger partial charge in [0.05, 0.1) is 7.11 Å². The quantitative estimate of drug-likeness (QED) is 0.795. The molecule has 1 aromatic heterocycles. The summed E-state index contributed by atoms with van der Waals surface area (Å²) in [5, 5.41) is 0. The molecule has 4 rings (SSSR count). The van der Waals surface area contributed by atoms with Gasteiger partial charge in [-0.05, 0) is 38.7 Å². The monoisotopic (exact) mass is 394 g/mol. The maximum atomic E-state index is 11.6. The predicted octanol–water partition coefficient (Wildman–Crippen LogP) is 3.47. The maximum absolute atomic E-state index is 11.6. The lowest BCUT2D eigenvalue weighted by atomic mass is 9.95. The van der Waals surface area contributed by atoms with Gasteiger partial charge in [0.2, 0.25) is 5.91 Å². The molecular formula is C23H30N4O2. The highest BCUT2D eigenvalue weighted by Gasteiger charge is 2.28. The Morgan fingerprint density at radius 1 is 1.17 bits per heavy atom. The molecule has 0 bridgehead atoms. The highest BCUT2D eigenvalue weighted by atomic mass is 16.5. The number of likely N-dealkylation sites (tertiary alicyclic amines) is 1.